The molecule has 3 aliphatic rings. The summed E-state index contributed by atoms with van der Waals surface area (Å²) in [6, 6.07) is 9.62. The third-order valence-corrected chi connectivity index (χ3v) is 6.55. The van der Waals surface area contributed by atoms with Gasteiger partial charge in [-0.1, -0.05) is 25.6 Å². The van der Waals surface area contributed by atoms with Crippen LogP contribution in [-0.2, 0) is 34.0 Å². The second-order valence-corrected chi connectivity index (χ2v) is 8.79. The molecule has 0 aliphatic carbocycles. The molecule has 0 bridgehead atoms. The molecular weight excluding hydrogens is 453 g/mol. The molecule has 0 aromatic heterocycles. The molecule has 5 rings (SSSR count). The second-order valence-electron chi connectivity index (χ2n) is 8.79. The molecular formula is C26H30FN3O5. The van der Waals surface area contributed by atoms with Crippen molar-refractivity contribution in [2.45, 2.75) is 46.0 Å². The second kappa shape index (κ2) is 10.5. The van der Waals surface area contributed by atoms with E-state index in [0.29, 0.717) is 48.6 Å². The van der Waals surface area contributed by atoms with E-state index < -0.39 is 11.9 Å². The van der Waals surface area contributed by atoms with Crippen molar-refractivity contribution in [2.75, 3.05) is 26.3 Å². The Labute approximate surface area is 204 Å². The Bertz CT molecular complexity index is 1130. The van der Waals surface area contributed by atoms with E-state index >= 15 is 0 Å². The number of halogens is 1. The zero-order valence-corrected chi connectivity index (χ0v) is 18.7. The fraction of sp³-hybridized carbons (Fsp3) is 0.423. The minimum absolute atomic E-state index is 0. The van der Waals surface area contributed by atoms with Gasteiger partial charge in [0, 0.05) is 42.7 Å². The molecule has 1 atom stereocenters. The quantitative estimate of drug-likeness (QED) is 0.636. The number of nitrogens with zero attached hydrogens (tertiary/aromatic N) is 2. The largest absolute Gasteiger partial charge is 0.488 e. The van der Waals surface area contributed by atoms with E-state index in [4.69, 9.17) is 9.47 Å². The number of morpholine rings is 1. The zero-order valence-electron chi connectivity index (χ0n) is 18.7. The van der Waals surface area contributed by atoms with Gasteiger partial charge in [0.1, 0.15) is 24.2 Å². The number of piperidine rings is 1. The van der Waals surface area contributed by atoms with Crippen LogP contribution in [0.1, 0.15) is 47.3 Å². The van der Waals surface area contributed by atoms with E-state index in [1.54, 1.807) is 24.3 Å². The van der Waals surface area contributed by atoms with E-state index in [0.717, 1.165) is 18.7 Å². The van der Waals surface area contributed by atoms with Crippen molar-refractivity contribution in [3.63, 3.8) is 0 Å². The first kappa shape index (κ1) is 24.8. The van der Waals surface area contributed by atoms with Crippen LogP contribution in [0.15, 0.2) is 36.4 Å². The Morgan fingerprint density at radius 1 is 1.11 bits per heavy atom. The average Bonchev–Trinajstić information content (AvgIpc) is 3.16. The average molecular weight is 484 g/mol. The first-order valence-corrected chi connectivity index (χ1v) is 11.5. The fourth-order valence-corrected chi connectivity index (χ4v) is 4.67. The lowest BCUT2D eigenvalue weighted by Crippen LogP contribution is -2.52. The van der Waals surface area contributed by atoms with Crippen LogP contribution in [0.3, 0.4) is 0 Å². The molecule has 2 aromatic carbocycles. The van der Waals surface area contributed by atoms with E-state index in [2.05, 4.69) is 10.2 Å². The zero-order chi connectivity index (χ0) is 23.7. The number of amides is 3. The maximum Gasteiger partial charge on any atom is 0.255 e. The minimum Gasteiger partial charge on any atom is -0.488 e. The van der Waals surface area contributed by atoms with Crippen molar-refractivity contribution in [1.29, 1.82) is 0 Å². The number of ether oxygens (including phenoxy) is 2. The molecule has 2 fully saturated rings. The Hall–Kier alpha value is -3.30. The summed E-state index contributed by atoms with van der Waals surface area (Å²) in [5, 5.41) is 2.30. The molecule has 3 heterocycles. The van der Waals surface area contributed by atoms with Crippen molar-refractivity contribution >= 4 is 17.7 Å². The molecule has 3 aliphatic heterocycles. The lowest BCUT2D eigenvalue weighted by atomic mass is 10.0. The van der Waals surface area contributed by atoms with Gasteiger partial charge in [-0.3, -0.25) is 24.6 Å². The van der Waals surface area contributed by atoms with Crippen LogP contribution in [0.2, 0.25) is 0 Å². The Kier molecular flexibility index (Phi) is 7.47. The first-order valence-electron chi connectivity index (χ1n) is 11.5. The normalized spacial score (nSPS) is 20.3. The number of carbonyl (C=O) groups excluding carboxylic acids is 3. The van der Waals surface area contributed by atoms with Crippen molar-refractivity contribution in [2.24, 2.45) is 0 Å². The summed E-state index contributed by atoms with van der Waals surface area (Å²) in [6.07, 6.45) is 0.489. The van der Waals surface area contributed by atoms with Gasteiger partial charge in [-0.05, 0) is 30.2 Å². The molecule has 1 N–H and O–H groups in total. The maximum atomic E-state index is 14.8. The SMILES string of the molecule is C.O=C1CCC(N2Cc3c(OCc4ccc(CN5CCOCC5)cc4F)cccc3C2=O)C(=O)N1. The lowest BCUT2D eigenvalue weighted by molar-refractivity contribution is -0.136. The van der Waals surface area contributed by atoms with Crippen LogP contribution in [0.5, 0.6) is 5.75 Å². The van der Waals surface area contributed by atoms with Crippen LogP contribution >= 0.6 is 0 Å². The van der Waals surface area contributed by atoms with E-state index in [-0.39, 0.29) is 44.6 Å². The van der Waals surface area contributed by atoms with Crippen molar-refractivity contribution < 1.29 is 28.2 Å². The van der Waals surface area contributed by atoms with Crippen LogP contribution in [0, 0.1) is 5.82 Å². The molecule has 35 heavy (non-hydrogen) atoms. The molecule has 9 heteroatoms. The Morgan fingerprint density at radius 2 is 1.91 bits per heavy atom. The molecule has 0 spiro atoms. The molecule has 2 aromatic rings. The van der Waals surface area contributed by atoms with Gasteiger partial charge in [0.15, 0.2) is 0 Å². The van der Waals surface area contributed by atoms with Crippen molar-refractivity contribution in [3.05, 3.63) is 64.5 Å². The van der Waals surface area contributed by atoms with Crippen molar-refractivity contribution in [1.82, 2.24) is 15.1 Å². The minimum atomic E-state index is -0.693. The monoisotopic (exact) mass is 483 g/mol. The highest BCUT2D eigenvalue weighted by Gasteiger charge is 2.40. The molecule has 186 valence electrons. The summed E-state index contributed by atoms with van der Waals surface area (Å²) in [4.78, 5) is 40.4. The third-order valence-electron chi connectivity index (χ3n) is 6.55. The number of benzene rings is 2. The van der Waals surface area contributed by atoms with Crippen LogP contribution in [0.25, 0.3) is 0 Å². The number of hydrogen-bond donors (Lipinski definition) is 1. The van der Waals surface area contributed by atoms with Gasteiger partial charge in [0.05, 0.1) is 19.8 Å². The first-order chi connectivity index (χ1) is 16.5. The summed E-state index contributed by atoms with van der Waals surface area (Å²) in [5.41, 5.74) is 2.45. The van der Waals surface area contributed by atoms with Crippen LogP contribution in [-0.4, -0.2) is 59.9 Å². The summed E-state index contributed by atoms with van der Waals surface area (Å²) in [6.45, 7) is 3.95. The van der Waals surface area contributed by atoms with Gasteiger partial charge in [-0.25, -0.2) is 4.39 Å². The number of rotatable bonds is 6. The van der Waals surface area contributed by atoms with Gasteiger partial charge in [0.2, 0.25) is 11.8 Å². The van der Waals surface area contributed by atoms with Gasteiger partial charge < -0.3 is 14.4 Å². The van der Waals surface area contributed by atoms with Crippen LogP contribution in [0.4, 0.5) is 4.39 Å². The Morgan fingerprint density at radius 3 is 2.66 bits per heavy atom. The van der Waals surface area contributed by atoms with E-state index in [1.807, 2.05) is 6.07 Å². The fourth-order valence-electron chi connectivity index (χ4n) is 4.67. The molecule has 8 nitrogen and oxygen atoms in total. The number of imide groups is 1. The van der Waals surface area contributed by atoms with Crippen LogP contribution < -0.4 is 10.1 Å². The number of fused-ring (bicyclic) bond motifs is 1. The third kappa shape index (κ3) is 5.21. The molecule has 0 saturated carbocycles. The predicted molar refractivity (Wildman–Crippen MR) is 126 cm³/mol. The number of nitrogens with one attached hydrogen (secondary N) is 1. The molecule has 3 amide bonds. The lowest BCUT2D eigenvalue weighted by Gasteiger charge is -2.29. The van der Waals surface area contributed by atoms with E-state index in [9.17, 15) is 18.8 Å². The standard InChI is InChI=1S/C25H26FN3O5.CH4/c26-20-12-16(13-28-8-10-33-11-9-28)4-5-17(20)15-34-22-3-1-2-18-19(22)14-29(25(18)32)21-6-7-23(30)27-24(21)31;/h1-5,12,21H,6-11,13-15H2,(H,27,30,31);1H4. The van der Waals surface area contributed by atoms with Gasteiger partial charge in [-0.2, -0.15) is 0 Å². The van der Waals surface area contributed by atoms with Gasteiger partial charge in [-0.15, -0.1) is 0 Å². The number of hydrogen-bond acceptors (Lipinski definition) is 6. The highest BCUT2D eigenvalue weighted by atomic mass is 19.1. The summed E-state index contributed by atoms with van der Waals surface area (Å²) >= 11 is 0. The summed E-state index contributed by atoms with van der Waals surface area (Å²) in [7, 11) is 0. The highest BCUT2D eigenvalue weighted by molar-refractivity contribution is 6.05. The summed E-state index contributed by atoms with van der Waals surface area (Å²) < 4.78 is 26.1. The number of carbonyl (C=O) groups is 3. The summed E-state index contributed by atoms with van der Waals surface area (Å²) in [5.74, 6) is -0.905. The predicted octanol–water partition coefficient (Wildman–Crippen LogP) is 2.63. The topological polar surface area (TPSA) is 88.2 Å². The maximum absolute atomic E-state index is 14.8. The molecule has 1 unspecified atom stereocenters. The highest BCUT2D eigenvalue weighted by Crippen LogP contribution is 2.34. The smallest absolute Gasteiger partial charge is 0.255 e. The Balaban J connectivity index is 0.00000289. The molecule has 2 saturated heterocycles. The van der Waals surface area contributed by atoms with E-state index in [1.165, 1.54) is 11.0 Å². The van der Waals surface area contributed by atoms with Crippen molar-refractivity contribution in [3.8, 4) is 5.75 Å². The van der Waals surface area contributed by atoms with Gasteiger partial charge in [0.25, 0.3) is 5.91 Å². The van der Waals surface area contributed by atoms with Gasteiger partial charge >= 0.3 is 0 Å². The molecule has 0 radical (unpaired) electrons.